The van der Waals surface area contributed by atoms with Crippen molar-refractivity contribution in [1.29, 1.82) is 0 Å². The fraction of sp³-hybridized carbons (Fsp3) is 1.00. The third-order valence-electron chi connectivity index (χ3n) is 5.13. The van der Waals surface area contributed by atoms with E-state index in [0.29, 0.717) is 0 Å². The molecule has 0 aromatic rings. The van der Waals surface area contributed by atoms with Gasteiger partial charge in [-0.15, -0.1) is 0 Å². The largest absolute Gasteiger partial charge is 0.330 e. The average molecular weight is 223 g/mol. The summed E-state index contributed by atoms with van der Waals surface area (Å²) < 4.78 is 0. The first-order valence-electron chi connectivity index (χ1n) is 7.05. The van der Waals surface area contributed by atoms with Gasteiger partial charge in [-0.05, 0) is 76.2 Å². The molecule has 0 saturated carbocycles. The highest BCUT2D eigenvalue weighted by Gasteiger charge is 2.44. The fourth-order valence-electron chi connectivity index (χ4n) is 4.35. The van der Waals surface area contributed by atoms with Gasteiger partial charge >= 0.3 is 0 Å². The maximum atomic E-state index is 6.04. The molecule has 0 aliphatic carbocycles. The van der Waals surface area contributed by atoms with Crippen molar-refractivity contribution >= 4 is 0 Å². The van der Waals surface area contributed by atoms with Crippen LogP contribution in [0.4, 0.5) is 0 Å². The Bertz CT molecular complexity index is 229. The number of nitrogens with two attached hydrogens (primary N) is 1. The molecule has 0 amide bonds. The standard InChI is InChI=1S/C13H25N3/c14-8-12-10-3-6-16(7-4-10)13(12)11-2-1-5-15-9-11/h10-13,15H,1-9,14H2. The van der Waals surface area contributed by atoms with Crippen molar-refractivity contribution in [1.82, 2.24) is 10.2 Å². The molecular weight excluding hydrogens is 198 g/mol. The molecule has 3 nitrogen and oxygen atoms in total. The molecule has 3 heteroatoms. The molecule has 3 N–H and O–H groups in total. The number of hydrogen-bond acceptors (Lipinski definition) is 3. The Kier molecular flexibility index (Phi) is 3.18. The minimum Gasteiger partial charge on any atom is -0.330 e. The lowest BCUT2D eigenvalue weighted by Crippen LogP contribution is -2.61. The van der Waals surface area contributed by atoms with Crippen LogP contribution in [0, 0.1) is 17.8 Å². The summed E-state index contributed by atoms with van der Waals surface area (Å²) in [4.78, 5) is 2.75. The Morgan fingerprint density at radius 1 is 1.12 bits per heavy atom. The maximum absolute atomic E-state index is 6.04. The summed E-state index contributed by atoms with van der Waals surface area (Å²) in [6.45, 7) is 6.03. The van der Waals surface area contributed by atoms with Crippen LogP contribution < -0.4 is 11.1 Å². The van der Waals surface area contributed by atoms with Crippen LogP contribution in [0.15, 0.2) is 0 Å². The lowest BCUT2D eigenvalue weighted by molar-refractivity contribution is -0.0391. The highest BCUT2D eigenvalue weighted by molar-refractivity contribution is 4.98. The molecule has 4 aliphatic heterocycles. The molecular formula is C13H25N3. The zero-order chi connectivity index (χ0) is 11.0. The van der Waals surface area contributed by atoms with Gasteiger partial charge in [0.25, 0.3) is 0 Å². The molecule has 4 aliphatic rings. The van der Waals surface area contributed by atoms with E-state index in [1.807, 2.05) is 0 Å². The normalized spacial score (nSPS) is 48.2. The van der Waals surface area contributed by atoms with E-state index in [9.17, 15) is 0 Å². The third-order valence-corrected chi connectivity index (χ3v) is 5.13. The number of fused-ring (bicyclic) bond motifs is 3. The zero-order valence-electron chi connectivity index (χ0n) is 10.2. The van der Waals surface area contributed by atoms with Crippen LogP contribution in [0.3, 0.4) is 0 Å². The van der Waals surface area contributed by atoms with Gasteiger partial charge in [0, 0.05) is 6.04 Å². The molecule has 0 radical (unpaired) electrons. The van der Waals surface area contributed by atoms with Crippen LogP contribution in [-0.2, 0) is 0 Å². The number of nitrogens with one attached hydrogen (secondary N) is 1. The molecule has 4 fully saturated rings. The van der Waals surface area contributed by atoms with Gasteiger partial charge in [-0.2, -0.15) is 0 Å². The molecule has 4 heterocycles. The predicted molar refractivity (Wildman–Crippen MR) is 66.2 cm³/mol. The second kappa shape index (κ2) is 4.63. The molecule has 2 bridgehead atoms. The third kappa shape index (κ3) is 1.79. The average Bonchev–Trinajstić information content (AvgIpc) is 2.40. The van der Waals surface area contributed by atoms with Gasteiger partial charge < -0.3 is 11.1 Å². The van der Waals surface area contributed by atoms with Crippen LogP contribution in [0.2, 0.25) is 0 Å². The van der Waals surface area contributed by atoms with E-state index >= 15 is 0 Å². The minimum atomic E-state index is 0.785. The van der Waals surface area contributed by atoms with Crippen LogP contribution >= 0.6 is 0 Å². The molecule has 4 rings (SSSR count). The van der Waals surface area contributed by atoms with Crippen molar-refractivity contribution in [3.63, 3.8) is 0 Å². The zero-order valence-corrected chi connectivity index (χ0v) is 10.2. The molecule has 0 aromatic carbocycles. The van der Waals surface area contributed by atoms with Crippen LogP contribution in [0.25, 0.3) is 0 Å². The summed E-state index contributed by atoms with van der Waals surface area (Å²) in [5.41, 5.74) is 6.04. The van der Waals surface area contributed by atoms with Gasteiger partial charge in [0.1, 0.15) is 0 Å². The second-order valence-electron chi connectivity index (χ2n) is 5.87. The number of hydrogen-bond donors (Lipinski definition) is 2. The summed E-state index contributed by atoms with van der Waals surface area (Å²) in [5, 5.41) is 3.57. The Morgan fingerprint density at radius 3 is 2.56 bits per heavy atom. The monoisotopic (exact) mass is 223 g/mol. The Hall–Kier alpha value is -0.120. The first kappa shape index (κ1) is 11.0. The summed E-state index contributed by atoms with van der Waals surface area (Å²) in [7, 11) is 0. The smallest absolute Gasteiger partial charge is 0.0179 e. The molecule has 16 heavy (non-hydrogen) atoms. The van der Waals surface area contributed by atoms with E-state index in [2.05, 4.69) is 10.2 Å². The SMILES string of the molecule is NCC1C2CCN(CC2)C1C1CCCNC1. The van der Waals surface area contributed by atoms with Gasteiger partial charge in [0.05, 0.1) is 0 Å². The summed E-state index contributed by atoms with van der Waals surface area (Å²) in [5.74, 6) is 2.58. The lowest BCUT2D eigenvalue weighted by atomic mass is 9.68. The molecule has 92 valence electrons. The predicted octanol–water partition coefficient (Wildman–Crippen LogP) is 0.655. The first-order valence-corrected chi connectivity index (χ1v) is 7.05. The Labute approximate surface area is 98.8 Å². The van der Waals surface area contributed by atoms with Gasteiger partial charge in [0.2, 0.25) is 0 Å². The van der Waals surface area contributed by atoms with Crippen LogP contribution in [-0.4, -0.2) is 43.7 Å². The molecule has 0 aromatic heterocycles. The van der Waals surface area contributed by atoms with Gasteiger partial charge in [-0.25, -0.2) is 0 Å². The topological polar surface area (TPSA) is 41.3 Å². The number of nitrogens with zero attached hydrogens (tertiary/aromatic N) is 1. The minimum absolute atomic E-state index is 0.785. The lowest BCUT2D eigenvalue weighted by Gasteiger charge is -2.54. The Morgan fingerprint density at radius 2 is 1.94 bits per heavy atom. The van der Waals surface area contributed by atoms with Crippen LogP contribution in [0.5, 0.6) is 0 Å². The maximum Gasteiger partial charge on any atom is 0.0179 e. The van der Waals surface area contributed by atoms with Crippen molar-refractivity contribution in [3.8, 4) is 0 Å². The van der Waals surface area contributed by atoms with E-state index in [4.69, 9.17) is 5.73 Å². The summed E-state index contributed by atoms with van der Waals surface area (Å²) in [6, 6.07) is 0.797. The highest BCUT2D eigenvalue weighted by Crippen LogP contribution is 2.40. The fourth-order valence-corrected chi connectivity index (χ4v) is 4.35. The van der Waals surface area contributed by atoms with Gasteiger partial charge in [-0.3, -0.25) is 4.90 Å². The van der Waals surface area contributed by atoms with Crippen molar-refractivity contribution in [2.45, 2.75) is 31.7 Å². The number of piperidine rings is 4. The summed E-state index contributed by atoms with van der Waals surface area (Å²) in [6.07, 6.45) is 5.57. The highest BCUT2D eigenvalue weighted by atomic mass is 15.2. The van der Waals surface area contributed by atoms with Crippen molar-refractivity contribution in [2.75, 3.05) is 32.7 Å². The molecule has 3 atom stereocenters. The molecule has 3 unspecified atom stereocenters. The number of rotatable bonds is 2. The van der Waals surface area contributed by atoms with E-state index in [1.54, 1.807) is 0 Å². The second-order valence-corrected chi connectivity index (χ2v) is 5.87. The quantitative estimate of drug-likeness (QED) is 0.722. The van der Waals surface area contributed by atoms with Gasteiger partial charge in [0.15, 0.2) is 0 Å². The molecule has 4 saturated heterocycles. The van der Waals surface area contributed by atoms with E-state index in [0.717, 1.165) is 30.3 Å². The first-order chi connectivity index (χ1) is 7.90. The van der Waals surface area contributed by atoms with Crippen molar-refractivity contribution < 1.29 is 0 Å². The van der Waals surface area contributed by atoms with Gasteiger partial charge in [-0.1, -0.05) is 0 Å². The molecule has 0 spiro atoms. The van der Waals surface area contributed by atoms with E-state index < -0.39 is 0 Å². The van der Waals surface area contributed by atoms with Crippen molar-refractivity contribution in [2.24, 2.45) is 23.5 Å². The Balaban J connectivity index is 1.75. The van der Waals surface area contributed by atoms with E-state index in [1.165, 1.54) is 51.9 Å². The van der Waals surface area contributed by atoms with Crippen molar-refractivity contribution in [3.05, 3.63) is 0 Å². The van der Waals surface area contributed by atoms with Crippen LogP contribution in [0.1, 0.15) is 25.7 Å². The summed E-state index contributed by atoms with van der Waals surface area (Å²) >= 11 is 0. The van der Waals surface area contributed by atoms with E-state index in [-0.39, 0.29) is 0 Å².